The lowest BCUT2D eigenvalue weighted by Gasteiger charge is -2.12. The second kappa shape index (κ2) is 12.2. The average molecular weight is 449 g/mol. The summed E-state index contributed by atoms with van der Waals surface area (Å²) in [5.74, 6) is 1.44. The number of likely N-dealkylation sites (N-methyl/N-ethyl adjacent to an activating group) is 1. The molecule has 0 aliphatic heterocycles. The number of rotatable bonds is 11. The van der Waals surface area contributed by atoms with Crippen LogP contribution in [-0.4, -0.2) is 44.0 Å². The van der Waals surface area contributed by atoms with Crippen LogP contribution in [0, 0.1) is 0 Å². The van der Waals surface area contributed by atoms with Crippen LogP contribution in [0.3, 0.4) is 0 Å². The summed E-state index contributed by atoms with van der Waals surface area (Å²) in [6.45, 7) is 1.24. The smallest absolute Gasteiger partial charge is 0.269 e. The molecule has 2 amide bonds. The van der Waals surface area contributed by atoms with Crippen LogP contribution >= 0.6 is 0 Å². The summed E-state index contributed by atoms with van der Waals surface area (Å²) in [6, 6.07) is 18.2. The molecular formula is C25H28N4O4. The summed E-state index contributed by atoms with van der Waals surface area (Å²) in [7, 11) is 3.41. The maximum Gasteiger partial charge on any atom is 0.269 e. The molecule has 3 N–H and O–H groups in total. The molecule has 8 heteroatoms. The van der Waals surface area contributed by atoms with Crippen molar-refractivity contribution in [1.82, 2.24) is 15.6 Å². The first kappa shape index (κ1) is 23.7. The third kappa shape index (κ3) is 7.33. The minimum absolute atomic E-state index is 0.0847. The Balaban J connectivity index is 1.52. The molecule has 3 aromatic rings. The van der Waals surface area contributed by atoms with Gasteiger partial charge in [-0.1, -0.05) is 24.3 Å². The molecule has 0 saturated carbocycles. The summed E-state index contributed by atoms with van der Waals surface area (Å²) in [4.78, 5) is 28.2. The Bertz CT molecular complexity index is 1070. The number of carbonyl (C=O) groups is 2. The highest BCUT2D eigenvalue weighted by Crippen LogP contribution is 2.25. The number of anilines is 1. The number of benzene rings is 2. The van der Waals surface area contributed by atoms with Crippen LogP contribution in [0.4, 0.5) is 5.69 Å². The van der Waals surface area contributed by atoms with Gasteiger partial charge in [-0.3, -0.25) is 14.6 Å². The van der Waals surface area contributed by atoms with E-state index in [4.69, 9.17) is 9.47 Å². The predicted octanol–water partition coefficient (Wildman–Crippen LogP) is 3.40. The van der Waals surface area contributed by atoms with Gasteiger partial charge in [-0.15, -0.1) is 0 Å². The fourth-order valence-electron chi connectivity index (χ4n) is 3.02. The van der Waals surface area contributed by atoms with Gasteiger partial charge in [0.2, 0.25) is 5.91 Å². The number of nitrogens with zero attached hydrogens (tertiary/aromatic N) is 1. The van der Waals surface area contributed by atoms with Crippen LogP contribution in [0.1, 0.15) is 22.5 Å². The molecule has 1 aromatic heterocycles. The minimum Gasteiger partial charge on any atom is -0.490 e. The number of amides is 2. The van der Waals surface area contributed by atoms with Crippen molar-refractivity contribution in [3.63, 3.8) is 0 Å². The van der Waals surface area contributed by atoms with Crippen molar-refractivity contribution in [3.05, 3.63) is 78.1 Å². The molecule has 172 valence electrons. The molecule has 0 bridgehead atoms. The highest BCUT2D eigenvalue weighted by atomic mass is 16.5. The Hall–Kier alpha value is -3.91. The lowest BCUT2D eigenvalue weighted by Crippen LogP contribution is -2.18. The van der Waals surface area contributed by atoms with Gasteiger partial charge in [0.05, 0.1) is 5.69 Å². The van der Waals surface area contributed by atoms with Crippen molar-refractivity contribution < 1.29 is 19.1 Å². The van der Waals surface area contributed by atoms with E-state index in [0.29, 0.717) is 42.4 Å². The van der Waals surface area contributed by atoms with E-state index in [-0.39, 0.29) is 17.5 Å². The first-order valence-electron chi connectivity index (χ1n) is 10.7. The summed E-state index contributed by atoms with van der Waals surface area (Å²) in [6.07, 6.45) is 2.45. The van der Waals surface area contributed by atoms with Gasteiger partial charge >= 0.3 is 0 Å². The Morgan fingerprint density at radius 3 is 2.52 bits per heavy atom. The molecule has 0 saturated heterocycles. The Morgan fingerprint density at radius 2 is 1.76 bits per heavy atom. The zero-order valence-electron chi connectivity index (χ0n) is 18.8. The first-order valence-corrected chi connectivity index (χ1v) is 10.7. The van der Waals surface area contributed by atoms with E-state index in [0.717, 1.165) is 12.1 Å². The van der Waals surface area contributed by atoms with Crippen LogP contribution in [0.25, 0.3) is 0 Å². The number of aryl methyl sites for hydroxylation is 1. The monoisotopic (exact) mass is 448 g/mol. The molecule has 0 radical (unpaired) electrons. The molecular weight excluding hydrogens is 420 g/mol. The SMILES string of the molecule is CNCCOc1ccccc1NC(=O)CCc1ccc(Oc2ccnc(C(=O)NC)c2)cc1. The molecule has 8 nitrogen and oxygen atoms in total. The second-order valence-corrected chi connectivity index (χ2v) is 7.20. The van der Waals surface area contributed by atoms with E-state index in [1.807, 2.05) is 55.6 Å². The maximum atomic E-state index is 12.4. The predicted molar refractivity (Wildman–Crippen MR) is 127 cm³/mol. The van der Waals surface area contributed by atoms with Crippen LogP contribution in [0.5, 0.6) is 17.2 Å². The van der Waals surface area contributed by atoms with Gasteiger partial charge in [0, 0.05) is 32.3 Å². The van der Waals surface area contributed by atoms with Crippen LogP contribution in [0.2, 0.25) is 0 Å². The number of aromatic nitrogens is 1. The van der Waals surface area contributed by atoms with Gasteiger partial charge in [0.15, 0.2) is 0 Å². The molecule has 0 aliphatic rings. The summed E-state index contributed by atoms with van der Waals surface area (Å²) < 4.78 is 11.5. The zero-order chi connectivity index (χ0) is 23.5. The Morgan fingerprint density at radius 1 is 0.970 bits per heavy atom. The number of hydrogen-bond donors (Lipinski definition) is 3. The normalized spacial score (nSPS) is 10.4. The van der Waals surface area contributed by atoms with E-state index in [1.54, 1.807) is 19.2 Å². The number of carbonyl (C=O) groups excluding carboxylic acids is 2. The van der Waals surface area contributed by atoms with Gasteiger partial charge in [-0.2, -0.15) is 0 Å². The standard InChI is InChI=1S/C25H28N4O4/c1-26-15-16-32-23-6-4-3-5-21(23)29-24(30)12-9-18-7-10-19(11-8-18)33-20-13-14-28-22(17-20)25(31)27-2/h3-8,10-11,13-14,17,26H,9,12,15-16H2,1-2H3,(H,27,31)(H,29,30). The van der Waals surface area contributed by atoms with Gasteiger partial charge < -0.3 is 25.4 Å². The topological polar surface area (TPSA) is 102 Å². The van der Waals surface area contributed by atoms with E-state index in [1.165, 1.54) is 6.20 Å². The van der Waals surface area contributed by atoms with Crippen molar-refractivity contribution in [2.24, 2.45) is 0 Å². The molecule has 2 aromatic carbocycles. The van der Waals surface area contributed by atoms with Gasteiger partial charge in [-0.05, 0) is 49.4 Å². The molecule has 0 atom stereocenters. The van der Waals surface area contributed by atoms with E-state index >= 15 is 0 Å². The van der Waals surface area contributed by atoms with Crippen molar-refractivity contribution in [2.45, 2.75) is 12.8 Å². The molecule has 0 fully saturated rings. The number of ether oxygens (including phenoxy) is 2. The number of nitrogens with one attached hydrogen (secondary N) is 3. The number of pyridine rings is 1. The molecule has 3 rings (SSSR count). The average Bonchev–Trinajstić information content (AvgIpc) is 2.84. The molecule has 0 spiro atoms. The van der Waals surface area contributed by atoms with Crippen LogP contribution < -0.4 is 25.4 Å². The minimum atomic E-state index is -0.277. The lowest BCUT2D eigenvalue weighted by molar-refractivity contribution is -0.116. The fraction of sp³-hybridized carbons (Fsp3) is 0.240. The van der Waals surface area contributed by atoms with Crippen molar-refractivity contribution in [2.75, 3.05) is 32.6 Å². The molecule has 0 aliphatic carbocycles. The van der Waals surface area contributed by atoms with Gasteiger partial charge in [0.25, 0.3) is 5.91 Å². The summed E-state index contributed by atoms with van der Waals surface area (Å²) in [5, 5.41) is 8.48. The van der Waals surface area contributed by atoms with Crippen LogP contribution in [-0.2, 0) is 11.2 Å². The first-order chi connectivity index (χ1) is 16.1. The Kier molecular flexibility index (Phi) is 8.79. The van der Waals surface area contributed by atoms with Gasteiger partial charge in [0.1, 0.15) is 29.5 Å². The summed E-state index contributed by atoms with van der Waals surface area (Å²) >= 11 is 0. The number of para-hydroxylation sites is 2. The molecule has 33 heavy (non-hydrogen) atoms. The largest absolute Gasteiger partial charge is 0.490 e. The summed E-state index contributed by atoms with van der Waals surface area (Å²) in [5.41, 5.74) is 1.96. The third-order valence-electron chi connectivity index (χ3n) is 4.76. The zero-order valence-corrected chi connectivity index (χ0v) is 18.8. The maximum absolute atomic E-state index is 12.4. The van der Waals surface area contributed by atoms with Crippen molar-refractivity contribution >= 4 is 17.5 Å². The second-order valence-electron chi connectivity index (χ2n) is 7.20. The van der Waals surface area contributed by atoms with E-state index in [9.17, 15) is 9.59 Å². The Labute approximate surface area is 193 Å². The number of hydrogen-bond acceptors (Lipinski definition) is 6. The molecule has 0 unspecified atom stereocenters. The lowest BCUT2D eigenvalue weighted by atomic mass is 10.1. The fourth-order valence-corrected chi connectivity index (χ4v) is 3.02. The quantitative estimate of drug-likeness (QED) is 0.389. The highest BCUT2D eigenvalue weighted by Gasteiger charge is 2.09. The van der Waals surface area contributed by atoms with E-state index < -0.39 is 0 Å². The van der Waals surface area contributed by atoms with Crippen molar-refractivity contribution in [1.29, 1.82) is 0 Å². The van der Waals surface area contributed by atoms with E-state index in [2.05, 4.69) is 20.9 Å². The molecule has 1 heterocycles. The van der Waals surface area contributed by atoms with Gasteiger partial charge in [-0.25, -0.2) is 0 Å². The van der Waals surface area contributed by atoms with Crippen molar-refractivity contribution in [3.8, 4) is 17.2 Å². The highest BCUT2D eigenvalue weighted by molar-refractivity contribution is 5.92. The van der Waals surface area contributed by atoms with Crippen LogP contribution in [0.15, 0.2) is 66.9 Å². The third-order valence-corrected chi connectivity index (χ3v) is 4.76.